The summed E-state index contributed by atoms with van der Waals surface area (Å²) in [5, 5.41) is 0.625. The average Bonchev–Trinajstić information content (AvgIpc) is 2.73. The van der Waals surface area contributed by atoms with Gasteiger partial charge in [0.1, 0.15) is 16.9 Å². The fourth-order valence-corrected chi connectivity index (χ4v) is 3.28. The fourth-order valence-electron chi connectivity index (χ4n) is 3.28. The smallest absolute Gasteiger partial charge is 0.336 e. The van der Waals surface area contributed by atoms with Gasteiger partial charge in [0.15, 0.2) is 12.2 Å². The van der Waals surface area contributed by atoms with E-state index in [-0.39, 0.29) is 0 Å². The van der Waals surface area contributed by atoms with Gasteiger partial charge in [-0.15, -0.1) is 0 Å². The third-order valence-corrected chi connectivity index (χ3v) is 5.37. The summed E-state index contributed by atoms with van der Waals surface area (Å²) in [6.45, 7) is 10.3. The highest BCUT2D eigenvalue weighted by Gasteiger charge is 2.49. The van der Waals surface area contributed by atoms with Crippen molar-refractivity contribution in [3.63, 3.8) is 0 Å². The van der Waals surface area contributed by atoms with Gasteiger partial charge in [-0.05, 0) is 53.7 Å². The SMILES string of the molecule is CC=C(C)C(=O)O[C@@H]1c2cc3ccc(=O)oc3cc2OC(C)(C)[C@@H]1OC(=O)C(C)=CC. The molecule has 0 spiro atoms. The lowest BCUT2D eigenvalue weighted by molar-refractivity contribution is -0.185. The van der Waals surface area contributed by atoms with Crippen molar-refractivity contribution in [3.8, 4) is 5.75 Å². The van der Waals surface area contributed by atoms with Crippen LogP contribution in [0.2, 0.25) is 0 Å². The summed E-state index contributed by atoms with van der Waals surface area (Å²) in [5.74, 6) is -0.666. The van der Waals surface area contributed by atoms with Crippen LogP contribution < -0.4 is 10.4 Å². The van der Waals surface area contributed by atoms with E-state index in [2.05, 4.69) is 0 Å². The second kappa shape index (κ2) is 8.41. The molecule has 1 aliphatic rings. The van der Waals surface area contributed by atoms with Gasteiger partial charge in [0.2, 0.25) is 0 Å². The van der Waals surface area contributed by atoms with Crippen LogP contribution in [0.15, 0.2) is 56.8 Å². The third kappa shape index (κ3) is 4.40. The molecule has 0 saturated carbocycles. The maximum atomic E-state index is 12.6. The number of rotatable bonds is 4. The summed E-state index contributed by atoms with van der Waals surface area (Å²) in [5.41, 5.74) is 0.200. The Kier molecular flexibility index (Phi) is 6.06. The van der Waals surface area contributed by atoms with Crippen LogP contribution in [0.5, 0.6) is 5.75 Å². The van der Waals surface area contributed by atoms with E-state index < -0.39 is 35.4 Å². The second-order valence-electron chi connectivity index (χ2n) is 7.98. The number of esters is 2. The number of allylic oxidation sites excluding steroid dienone is 2. The first kappa shape index (κ1) is 22.3. The minimum Gasteiger partial charge on any atom is -0.483 e. The molecule has 0 bridgehead atoms. The summed E-state index contributed by atoms with van der Waals surface area (Å²) < 4.78 is 23.0. The van der Waals surface area contributed by atoms with Crippen molar-refractivity contribution in [1.29, 1.82) is 0 Å². The number of ether oxygens (including phenoxy) is 3. The predicted octanol–water partition coefficient (Wildman–Crippen LogP) is 4.39. The van der Waals surface area contributed by atoms with Crippen molar-refractivity contribution in [2.24, 2.45) is 0 Å². The van der Waals surface area contributed by atoms with E-state index in [4.69, 9.17) is 18.6 Å². The lowest BCUT2D eigenvalue weighted by Gasteiger charge is -2.43. The van der Waals surface area contributed by atoms with Crippen LogP contribution in [0, 0.1) is 0 Å². The van der Waals surface area contributed by atoms with Crippen molar-refractivity contribution >= 4 is 22.9 Å². The molecule has 0 saturated heterocycles. The third-order valence-electron chi connectivity index (χ3n) is 5.37. The Bertz CT molecular complexity index is 1150. The first-order valence-electron chi connectivity index (χ1n) is 10.0. The molecule has 0 radical (unpaired) electrons. The molecule has 7 heteroatoms. The van der Waals surface area contributed by atoms with Crippen LogP contribution in [0.25, 0.3) is 11.0 Å². The predicted molar refractivity (Wildman–Crippen MR) is 115 cm³/mol. The highest BCUT2D eigenvalue weighted by atomic mass is 16.6. The Labute approximate surface area is 180 Å². The van der Waals surface area contributed by atoms with Gasteiger partial charge in [-0.3, -0.25) is 0 Å². The molecule has 0 fully saturated rings. The van der Waals surface area contributed by atoms with E-state index in [0.717, 1.165) is 0 Å². The van der Waals surface area contributed by atoms with Crippen LogP contribution >= 0.6 is 0 Å². The molecular formula is C24H26O7. The van der Waals surface area contributed by atoms with Crippen LogP contribution in [0.3, 0.4) is 0 Å². The largest absolute Gasteiger partial charge is 0.483 e. The Morgan fingerprint density at radius 2 is 1.61 bits per heavy atom. The van der Waals surface area contributed by atoms with Crippen LogP contribution in [-0.2, 0) is 19.1 Å². The summed E-state index contributed by atoms with van der Waals surface area (Å²) >= 11 is 0. The molecule has 0 N–H and O–H groups in total. The van der Waals surface area contributed by atoms with E-state index in [1.165, 1.54) is 6.07 Å². The molecule has 2 heterocycles. The molecule has 7 nitrogen and oxygen atoms in total. The van der Waals surface area contributed by atoms with Gasteiger partial charge in [-0.2, -0.15) is 0 Å². The Hall–Kier alpha value is -3.35. The molecular weight excluding hydrogens is 400 g/mol. The van der Waals surface area contributed by atoms with Crippen molar-refractivity contribution in [2.75, 3.05) is 0 Å². The van der Waals surface area contributed by atoms with E-state index in [9.17, 15) is 14.4 Å². The molecule has 1 aliphatic heterocycles. The number of hydrogen-bond acceptors (Lipinski definition) is 7. The van der Waals surface area contributed by atoms with Gasteiger partial charge in [-0.25, -0.2) is 14.4 Å². The lowest BCUT2D eigenvalue weighted by atomic mass is 9.87. The van der Waals surface area contributed by atoms with Gasteiger partial charge in [-0.1, -0.05) is 12.2 Å². The number of carbonyl (C=O) groups is 2. The van der Waals surface area contributed by atoms with E-state index in [0.29, 0.717) is 33.4 Å². The minimum atomic E-state index is -1.03. The number of carbonyl (C=O) groups excluding carboxylic acids is 2. The highest BCUT2D eigenvalue weighted by molar-refractivity contribution is 5.89. The lowest BCUT2D eigenvalue weighted by Crippen LogP contribution is -2.52. The summed E-state index contributed by atoms with van der Waals surface area (Å²) in [7, 11) is 0. The maximum Gasteiger partial charge on any atom is 0.336 e. The maximum absolute atomic E-state index is 12.6. The molecule has 31 heavy (non-hydrogen) atoms. The van der Waals surface area contributed by atoms with Crippen LogP contribution in [0.1, 0.15) is 53.2 Å². The first-order valence-corrected chi connectivity index (χ1v) is 10.0. The monoisotopic (exact) mass is 426 g/mol. The van der Waals surface area contributed by atoms with Crippen molar-refractivity contribution < 1.29 is 28.2 Å². The van der Waals surface area contributed by atoms with Gasteiger partial charge in [0.05, 0.1) is 0 Å². The van der Waals surface area contributed by atoms with Gasteiger partial charge >= 0.3 is 17.6 Å². The summed E-state index contributed by atoms with van der Waals surface area (Å²) in [4.78, 5) is 36.8. The summed E-state index contributed by atoms with van der Waals surface area (Å²) in [6.07, 6.45) is 1.46. The van der Waals surface area contributed by atoms with E-state index in [1.807, 2.05) is 0 Å². The van der Waals surface area contributed by atoms with Gasteiger partial charge in [0.25, 0.3) is 0 Å². The standard InChI is InChI=1S/C24H26O7/c1-7-13(3)22(26)29-20-16-11-15-9-10-19(25)28-17(15)12-18(16)31-24(5,6)21(20)30-23(27)14(4)8-2/h7-12,20-21H,1-6H3/t20-,21-/m1/s1. The van der Waals surface area contributed by atoms with Crippen LogP contribution in [-0.4, -0.2) is 23.6 Å². The Balaban J connectivity index is 2.16. The topological polar surface area (TPSA) is 92.0 Å². The minimum absolute atomic E-state index is 0.344. The van der Waals surface area contributed by atoms with Crippen LogP contribution in [0.4, 0.5) is 0 Å². The average molecular weight is 426 g/mol. The Morgan fingerprint density at radius 1 is 1.00 bits per heavy atom. The van der Waals surface area contributed by atoms with E-state index in [1.54, 1.807) is 71.9 Å². The fraction of sp³-hybridized carbons (Fsp3) is 0.375. The van der Waals surface area contributed by atoms with E-state index >= 15 is 0 Å². The zero-order chi connectivity index (χ0) is 22.9. The zero-order valence-electron chi connectivity index (χ0n) is 18.5. The normalized spacial score (nSPS) is 20.6. The molecule has 3 rings (SSSR count). The molecule has 2 aromatic rings. The quantitative estimate of drug-likeness (QED) is 0.407. The molecule has 2 atom stereocenters. The molecule has 164 valence electrons. The van der Waals surface area contributed by atoms with Gasteiger partial charge in [0, 0.05) is 34.2 Å². The van der Waals surface area contributed by atoms with Crippen molar-refractivity contribution in [3.05, 3.63) is 63.5 Å². The first-order chi connectivity index (χ1) is 14.6. The summed E-state index contributed by atoms with van der Waals surface area (Å²) in [6, 6.07) is 6.23. The number of hydrogen-bond donors (Lipinski definition) is 0. The number of benzene rings is 1. The van der Waals surface area contributed by atoms with Crippen molar-refractivity contribution in [1.82, 2.24) is 0 Å². The molecule has 0 unspecified atom stereocenters. The molecule has 0 amide bonds. The highest BCUT2D eigenvalue weighted by Crippen LogP contribution is 2.45. The number of fused-ring (bicyclic) bond motifs is 2. The zero-order valence-corrected chi connectivity index (χ0v) is 18.5. The molecule has 1 aromatic heterocycles. The Morgan fingerprint density at radius 3 is 2.23 bits per heavy atom. The van der Waals surface area contributed by atoms with Gasteiger partial charge < -0.3 is 18.6 Å². The van der Waals surface area contributed by atoms with Crippen molar-refractivity contribution in [2.45, 2.75) is 59.4 Å². The molecule has 1 aromatic carbocycles. The second-order valence-corrected chi connectivity index (χ2v) is 7.98. The molecule has 0 aliphatic carbocycles.